The van der Waals surface area contributed by atoms with Crippen LogP contribution < -0.4 is 5.32 Å². The predicted molar refractivity (Wildman–Crippen MR) is 95.1 cm³/mol. The highest BCUT2D eigenvalue weighted by molar-refractivity contribution is 6.30. The number of nitrogens with one attached hydrogen (secondary N) is 1. The molecular formula is C19H19ClFNO3. The first-order valence-electron chi connectivity index (χ1n) is 7.87. The third-order valence-electron chi connectivity index (χ3n) is 3.71. The summed E-state index contributed by atoms with van der Waals surface area (Å²) in [4.78, 5) is 24.1. The average Bonchev–Trinajstić information content (AvgIpc) is 2.57. The molecule has 0 aliphatic carbocycles. The van der Waals surface area contributed by atoms with Gasteiger partial charge in [0.05, 0.1) is 12.1 Å². The Morgan fingerprint density at radius 3 is 2.48 bits per heavy atom. The summed E-state index contributed by atoms with van der Waals surface area (Å²) in [7, 11) is 0. The van der Waals surface area contributed by atoms with Crippen molar-refractivity contribution in [2.45, 2.75) is 32.3 Å². The number of rotatable bonds is 6. The third-order valence-corrected chi connectivity index (χ3v) is 3.94. The second-order valence-electron chi connectivity index (χ2n) is 5.76. The molecule has 0 saturated carbocycles. The lowest BCUT2D eigenvalue weighted by Gasteiger charge is -2.16. The van der Waals surface area contributed by atoms with Crippen LogP contribution in [0.1, 0.15) is 31.7 Å². The van der Waals surface area contributed by atoms with Crippen LogP contribution in [0.15, 0.2) is 48.5 Å². The molecule has 1 N–H and O–H groups in total. The van der Waals surface area contributed by atoms with Crippen molar-refractivity contribution in [3.63, 3.8) is 0 Å². The molecule has 0 fully saturated rings. The van der Waals surface area contributed by atoms with Gasteiger partial charge in [-0.25, -0.2) is 4.39 Å². The minimum Gasteiger partial charge on any atom is -0.453 e. The molecule has 0 bridgehead atoms. The van der Waals surface area contributed by atoms with Gasteiger partial charge in [0.25, 0.3) is 5.91 Å². The number of carbonyl (C=O) groups excluding carboxylic acids is 2. The number of carbonyl (C=O) groups is 2. The van der Waals surface area contributed by atoms with E-state index in [1.807, 2.05) is 37.3 Å². The Morgan fingerprint density at radius 1 is 1.16 bits per heavy atom. The molecule has 0 aromatic heterocycles. The Balaban J connectivity index is 1.88. The first-order valence-corrected chi connectivity index (χ1v) is 8.25. The van der Waals surface area contributed by atoms with Gasteiger partial charge < -0.3 is 10.1 Å². The standard InChI is InChI=1S/C19H19ClFNO3/c1-12(14-6-4-3-5-7-14)10-18(23)25-13(2)19(24)22-17-9-8-15(20)11-16(17)21/h3-9,11-13H,10H2,1-2H3,(H,22,24)/t12-,13+/m0/s1. The minimum atomic E-state index is -1.04. The van der Waals surface area contributed by atoms with E-state index in [0.717, 1.165) is 11.6 Å². The van der Waals surface area contributed by atoms with Crippen LogP contribution in [0.3, 0.4) is 0 Å². The lowest BCUT2D eigenvalue weighted by molar-refractivity contribution is -0.153. The van der Waals surface area contributed by atoms with Crippen LogP contribution in [0.25, 0.3) is 0 Å². The topological polar surface area (TPSA) is 55.4 Å². The maximum atomic E-state index is 13.7. The first-order chi connectivity index (χ1) is 11.9. The molecule has 2 aromatic carbocycles. The van der Waals surface area contributed by atoms with Crippen molar-refractivity contribution in [3.8, 4) is 0 Å². The van der Waals surface area contributed by atoms with Gasteiger partial charge in [0.15, 0.2) is 6.10 Å². The van der Waals surface area contributed by atoms with Gasteiger partial charge in [-0.05, 0) is 36.6 Å². The fourth-order valence-electron chi connectivity index (χ4n) is 2.27. The zero-order valence-electron chi connectivity index (χ0n) is 14.0. The fraction of sp³-hybridized carbons (Fsp3) is 0.263. The minimum absolute atomic E-state index is 0.0186. The monoisotopic (exact) mass is 363 g/mol. The van der Waals surface area contributed by atoms with E-state index >= 15 is 0 Å². The number of ether oxygens (including phenoxy) is 1. The van der Waals surface area contributed by atoms with Crippen LogP contribution in [-0.2, 0) is 14.3 Å². The van der Waals surface area contributed by atoms with Crippen molar-refractivity contribution in [3.05, 3.63) is 64.9 Å². The summed E-state index contributed by atoms with van der Waals surface area (Å²) < 4.78 is 18.8. The zero-order chi connectivity index (χ0) is 18.4. The lowest BCUT2D eigenvalue weighted by atomic mass is 9.98. The maximum Gasteiger partial charge on any atom is 0.307 e. The molecule has 2 rings (SSSR count). The molecule has 2 aromatic rings. The predicted octanol–water partition coefficient (Wildman–Crippen LogP) is 4.54. The van der Waals surface area contributed by atoms with Crippen LogP contribution in [0.5, 0.6) is 0 Å². The van der Waals surface area contributed by atoms with E-state index in [9.17, 15) is 14.0 Å². The number of hydrogen-bond donors (Lipinski definition) is 1. The number of esters is 1. The molecule has 6 heteroatoms. The van der Waals surface area contributed by atoms with Gasteiger partial charge >= 0.3 is 5.97 Å². The van der Waals surface area contributed by atoms with Crippen LogP contribution in [0.4, 0.5) is 10.1 Å². The summed E-state index contributed by atoms with van der Waals surface area (Å²) in [6.45, 7) is 3.35. The van der Waals surface area contributed by atoms with E-state index in [0.29, 0.717) is 0 Å². The van der Waals surface area contributed by atoms with Crippen molar-refractivity contribution in [1.29, 1.82) is 0 Å². The normalized spacial score (nSPS) is 13.0. The molecule has 1 amide bonds. The molecule has 0 saturated heterocycles. The van der Waals surface area contributed by atoms with Crippen molar-refractivity contribution in [2.75, 3.05) is 5.32 Å². The molecular weight excluding hydrogens is 345 g/mol. The quantitative estimate of drug-likeness (QED) is 0.766. The SMILES string of the molecule is C[C@@H](OC(=O)C[C@H](C)c1ccccc1)C(=O)Nc1ccc(Cl)cc1F. The summed E-state index contributed by atoms with van der Waals surface area (Å²) in [5.41, 5.74) is 0.995. The van der Waals surface area contributed by atoms with Crippen LogP contribution in [-0.4, -0.2) is 18.0 Å². The largest absolute Gasteiger partial charge is 0.453 e. The molecule has 132 valence electrons. The number of hydrogen-bond acceptors (Lipinski definition) is 3. The Morgan fingerprint density at radius 2 is 1.84 bits per heavy atom. The van der Waals surface area contributed by atoms with Gasteiger partial charge in [0, 0.05) is 5.02 Å². The van der Waals surface area contributed by atoms with E-state index in [1.54, 1.807) is 0 Å². The van der Waals surface area contributed by atoms with Gasteiger partial charge in [-0.3, -0.25) is 9.59 Å². The Hall–Kier alpha value is -2.40. The van der Waals surface area contributed by atoms with E-state index in [-0.39, 0.29) is 23.0 Å². The first kappa shape index (κ1) is 18.9. The summed E-state index contributed by atoms with van der Waals surface area (Å²) in [6, 6.07) is 13.4. The molecule has 25 heavy (non-hydrogen) atoms. The molecule has 0 aliphatic rings. The van der Waals surface area contributed by atoms with Gasteiger partial charge in [-0.15, -0.1) is 0 Å². The van der Waals surface area contributed by atoms with Crippen molar-refractivity contribution >= 4 is 29.2 Å². The van der Waals surface area contributed by atoms with E-state index in [1.165, 1.54) is 19.1 Å². The fourth-order valence-corrected chi connectivity index (χ4v) is 2.43. The molecule has 0 radical (unpaired) electrons. The number of amides is 1. The highest BCUT2D eigenvalue weighted by atomic mass is 35.5. The molecule has 0 spiro atoms. The van der Waals surface area contributed by atoms with Gasteiger partial charge in [-0.2, -0.15) is 0 Å². The van der Waals surface area contributed by atoms with E-state index < -0.39 is 23.8 Å². The molecule has 0 unspecified atom stereocenters. The third kappa shape index (κ3) is 5.57. The Labute approximate surface area is 150 Å². The van der Waals surface area contributed by atoms with Crippen molar-refractivity contribution < 1.29 is 18.7 Å². The summed E-state index contributed by atoms with van der Waals surface area (Å²) in [6.07, 6.45) is -0.887. The van der Waals surface area contributed by atoms with E-state index in [2.05, 4.69) is 5.32 Å². The number of benzene rings is 2. The van der Waals surface area contributed by atoms with Crippen molar-refractivity contribution in [2.24, 2.45) is 0 Å². The van der Waals surface area contributed by atoms with Crippen LogP contribution in [0.2, 0.25) is 5.02 Å². The summed E-state index contributed by atoms with van der Waals surface area (Å²) >= 11 is 5.66. The number of halogens is 2. The molecule has 4 nitrogen and oxygen atoms in total. The second kappa shape index (κ2) is 8.62. The highest BCUT2D eigenvalue weighted by Gasteiger charge is 2.21. The summed E-state index contributed by atoms with van der Waals surface area (Å²) in [5.74, 6) is -1.78. The number of anilines is 1. The van der Waals surface area contributed by atoms with Crippen LogP contribution in [0, 0.1) is 5.82 Å². The molecule has 0 aliphatic heterocycles. The summed E-state index contributed by atoms with van der Waals surface area (Å²) in [5, 5.41) is 2.60. The highest BCUT2D eigenvalue weighted by Crippen LogP contribution is 2.21. The van der Waals surface area contributed by atoms with Gasteiger partial charge in [0.2, 0.25) is 0 Å². The Kier molecular flexibility index (Phi) is 6.53. The van der Waals surface area contributed by atoms with Gasteiger partial charge in [-0.1, -0.05) is 48.9 Å². The van der Waals surface area contributed by atoms with Gasteiger partial charge in [0.1, 0.15) is 5.82 Å². The zero-order valence-corrected chi connectivity index (χ0v) is 14.7. The second-order valence-corrected chi connectivity index (χ2v) is 6.20. The Bertz CT molecular complexity index is 752. The average molecular weight is 364 g/mol. The molecule has 2 atom stereocenters. The van der Waals surface area contributed by atoms with Crippen LogP contribution >= 0.6 is 11.6 Å². The van der Waals surface area contributed by atoms with E-state index in [4.69, 9.17) is 16.3 Å². The smallest absolute Gasteiger partial charge is 0.307 e. The van der Waals surface area contributed by atoms with Crippen molar-refractivity contribution in [1.82, 2.24) is 0 Å². The maximum absolute atomic E-state index is 13.7. The molecule has 0 heterocycles. The lowest BCUT2D eigenvalue weighted by Crippen LogP contribution is -2.30.